The summed E-state index contributed by atoms with van der Waals surface area (Å²) in [7, 11) is 0. The van der Waals surface area contributed by atoms with Crippen LogP contribution in [0.15, 0.2) is 18.2 Å². The Morgan fingerprint density at radius 2 is 2.24 bits per heavy atom. The van der Waals surface area contributed by atoms with Crippen molar-refractivity contribution in [3.63, 3.8) is 0 Å². The summed E-state index contributed by atoms with van der Waals surface area (Å²) in [6, 6.07) is 3.96. The molecule has 1 amide bonds. The average Bonchev–Trinajstić information content (AvgIpc) is 2.29. The van der Waals surface area contributed by atoms with Crippen LogP contribution in [-0.4, -0.2) is 16.9 Å². The highest BCUT2D eigenvalue weighted by atomic mass is 16.6. The Bertz CT molecular complexity index is 446. The fraction of sp³-hybridized carbons (Fsp3) is 0.364. The number of nitro groups is 1. The van der Waals surface area contributed by atoms with Gasteiger partial charge < -0.3 is 11.1 Å². The summed E-state index contributed by atoms with van der Waals surface area (Å²) in [5.41, 5.74) is 6.35. The van der Waals surface area contributed by atoms with Crippen LogP contribution in [0.1, 0.15) is 18.9 Å². The number of anilines is 1. The fourth-order valence-electron chi connectivity index (χ4n) is 1.31. The van der Waals surface area contributed by atoms with Gasteiger partial charge in [0.15, 0.2) is 0 Å². The monoisotopic (exact) mass is 237 g/mol. The molecule has 0 aliphatic carbocycles. The van der Waals surface area contributed by atoms with Gasteiger partial charge in [-0.2, -0.15) is 0 Å². The second-order valence-electron chi connectivity index (χ2n) is 3.78. The van der Waals surface area contributed by atoms with E-state index in [1.807, 2.05) is 0 Å². The first kappa shape index (κ1) is 13.1. The molecule has 1 rings (SSSR count). The molecule has 0 aliphatic rings. The number of aryl methyl sites for hydroxylation is 1. The summed E-state index contributed by atoms with van der Waals surface area (Å²) in [5.74, 6) is -0.417. The van der Waals surface area contributed by atoms with E-state index in [0.717, 1.165) is 5.56 Å². The summed E-state index contributed by atoms with van der Waals surface area (Å²) in [6.45, 7) is 3.52. The average molecular weight is 237 g/mol. The van der Waals surface area contributed by atoms with Gasteiger partial charge in [0.25, 0.3) is 5.69 Å². The van der Waals surface area contributed by atoms with Crippen molar-refractivity contribution in [2.75, 3.05) is 5.32 Å². The summed E-state index contributed by atoms with van der Waals surface area (Å²) in [6.07, 6.45) is 0.478. The van der Waals surface area contributed by atoms with Crippen LogP contribution in [-0.2, 0) is 4.79 Å². The molecular weight excluding hydrogens is 222 g/mol. The second kappa shape index (κ2) is 5.40. The summed E-state index contributed by atoms with van der Waals surface area (Å²) >= 11 is 0. The normalized spacial score (nSPS) is 11.9. The van der Waals surface area contributed by atoms with Crippen LogP contribution < -0.4 is 11.1 Å². The Kier molecular flexibility index (Phi) is 4.17. The molecule has 0 aromatic heterocycles. The number of hydrogen-bond donors (Lipinski definition) is 2. The summed E-state index contributed by atoms with van der Waals surface area (Å²) in [4.78, 5) is 21.8. The fourth-order valence-corrected chi connectivity index (χ4v) is 1.31. The predicted octanol–water partition coefficient (Wildman–Crippen LogP) is 1.58. The largest absolute Gasteiger partial charge is 0.320 e. The van der Waals surface area contributed by atoms with Gasteiger partial charge in [0.05, 0.1) is 11.0 Å². The lowest BCUT2D eigenvalue weighted by atomic mass is 10.1. The molecule has 1 aromatic rings. The van der Waals surface area contributed by atoms with E-state index < -0.39 is 16.9 Å². The molecule has 6 heteroatoms. The third-order valence-corrected chi connectivity index (χ3v) is 2.38. The lowest BCUT2D eigenvalue weighted by Gasteiger charge is -2.10. The number of hydrogen-bond acceptors (Lipinski definition) is 4. The molecule has 1 unspecified atom stereocenters. The van der Waals surface area contributed by atoms with Crippen LogP contribution in [0.4, 0.5) is 11.4 Å². The van der Waals surface area contributed by atoms with E-state index >= 15 is 0 Å². The maximum atomic E-state index is 11.5. The Morgan fingerprint density at radius 3 is 2.76 bits per heavy atom. The number of carbonyl (C=O) groups is 1. The first-order valence-corrected chi connectivity index (χ1v) is 5.27. The quantitative estimate of drug-likeness (QED) is 0.613. The molecule has 0 saturated carbocycles. The number of nitrogens with zero attached hydrogens (tertiary/aromatic N) is 1. The molecule has 0 saturated heterocycles. The van der Waals surface area contributed by atoms with Crippen molar-refractivity contribution >= 4 is 17.3 Å². The second-order valence-corrected chi connectivity index (χ2v) is 3.78. The molecule has 1 atom stereocenters. The predicted molar refractivity (Wildman–Crippen MR) is 64.7 cm³/mol. The zero-order valence-corrected chi connectivity index (χ0v) is 9.77. The Labute approximate surface area is 99.0 Å². The number of nitro benzene ring substituents is 1. The third kappa shape index (κ3) is 3.25. The number of benzene rings is 1. The van der Waals surface area contributed by atoms with Crippen LogP contribution >= 0.6 is 0 Å². The number of nitrogens with one attached hydrogen (secondary N) is 1. The smallest absolute Gasteiger partial charge is 0.293 e. The molecule has 0 aliphatic heterocycles. The molecule has 1 aromatic carbocycles. The minimum absolute atomic E-state index is 0.123. The van der Waals surface area contributed by atoms with Crippen molar-refractivity contribution in [2.24, 2.45) is 5.73 Å². The van der Waals surface area contributed by atoms with E-state index in [-0.39, 0.29) is 11.4 Å². The van der Waals surface area contributed by atoms with E-state index in [2.05, 4.69) is 5.32 Å². The number of nitrogens with two attached hydrogens (primary N) is 1. The first-order valence-electron chi connectivity index (χ1n) is 5.27. The number of carbonyl (C=O) groups excluding carboxylic acids is 1. The van der Waals surface area contributed by atoms with E-state index in [1.165, 1.54) is 12.1 Å². The van der Waals surface area contributed by atoms with Crippen molar-refractivity contribution in [3.8, 4) is 0 Å². The van der Waals surface area contributed by atoms with Crippen LogP contribution in [0.25, 0.3) is 0 Å². The molecule has 0 heterocycles. The van der Waals surface area contributed by atoms with Gasteiger partial charge in [-0.15, -0.1) is 0 Å². The van der Waals surface area contributed by atoms with Gasteiger partial charge in [0, 0.05) is 6.07 Å². The zero-order valence-electron chi connectivity index (χ0n) is 9.77. The number of amides is 1. The molecule has 6 nitrogen and oxygen atoms in total. The van der Waals surface area contributed by atoms with E-state index in [1.54, 1.807) is 19.9 Å². The van der Waals surface area contributed by atoms with Crippen LogP contribution in [0.2, 0.25) is 0 Å². The standard InChI is InChI=1S/C11H15N3O3/c1-3-8(12)11(15)13-9-5-4-7(2)6-10(9)14(16)17/h4-6,8H,3,12H2,1-2H3,(H,13,15). The van der Waals surface area contributed by atoms with Crippen molar-refractivity contribution in [1.82, 2.24) is 0 Å². The summed E-state index contributed by atoms with van der Waals surface area (Å²) in [5, 5.41) is 13.3. The maximum Gasteiger partial charge on any atom is 0.293 e. The van der Waals surface area contributed by atoms with E-state index in [4.69, 9.17) is 5.73 Å². The minimum atomic E-state index is -0.657. The molecule has 0 fully saturated rings. The summed E-state index contributed by atoms with van der Waals surface area (Å²) < 4.78 is 0. The topological polar surface area (TPSA) is 98.3 Å². The van der Waals surface area contributed by atoms with Gasteiger partial charge in [-0.05, 0) is 25.0 Å². The SMILES string of the molecule is CCC(N)C(=O)Nc1ccc(C)cc1[N+](=O)[O-]. The Balaban J connectivity index is 2.98. The minimum Gasteiger partial charge on any atom is -0.320 e. The van der Waals surface area contributed by atoms with E-state index in [9.17, 15) is 14.9 Å². The van der Waals surface area contributed by atoms with Crippen LogP contribution in [0.3, 0.4) is 0 Å². The first-order chi connectivity index (χ1) is 7.95. The maximum absolute atomic E-state index is 11.5. The van der Waals surface area contributed by atoms with Crippen molar-refractivity contribution in [1.29, 1.82) is 0 Å². The lowest BCUT2D eigenvalue weighted by Crippen LogP contribution is -2.34. The Morgan fingerprint density at radius 1 is 1.59 bits per heavy atom. The highest BCUT2D eigenvalue weighted by Gasteiger charge is 2.18. The van der Waals surface area contributed by atoms with Crippen molar-refractivity contribution in [2.45, 2.75) is 26.3 Å². The lowest BCUT2D eigenvalue weighted by molar-refractivity contribution is -0.384. The van der Waals surface area contributed by atoms with Gasteiger partial charge in [0.2, 0.25) is 5.91 Å². The van der Waals surface area contributed by atoms with Gasteiger partial charge in [-0.25, -0.2) is 0 Å². The zero-order chi connectivity index (χ0) is 13.0. The van der Waals surface area contributed by atoms with Gasteiger partial charge in [-0.3, -0.25) is 14.9 Å². The van der Waals surface area contributed by atoms with E-state index in [0.29, 0.717) is 6.42 Å². The number of rotatable bonds is 4. The molecule has 0 spiro atoms. The highest BCUT2D eigenvalue weighted by Crippen LogP contribution is 2.25. The molecule has 92 valence electrons. The molecule has 17 heavy (non-hydrogen) atoms. The molecular formula is C11H15N3O3. The van der Waals surface area contributed by atoms with Crippen molar-refractivity contribution < 1.29 is 9.72 Å². The van der Waals surface area contributed by atoms with Gasteiger partial charge in [0.1, 0.15) is 5.69 Å². The highest BCUT2D eigenvalue weighted by molar-refractivity contribution is 5.96. The van der Waals surface area contributed by atoms with Gasteiger partial charge >= 0.3 is 0 Å². The molecule has 0 bridgehead atoms. The van der Waals surface area contributed by atoms with Crippen LogP contribution in [0.5, 0.6) is 0 Å². The molecule has 3 N–H and O–H groups in total. The Hall–Kier alpha value is -1.95. The van der Waals surface area contributed by atoms with Crippen molar-refractivity contribution in [3.05, 3.63) is 33.9 Å². The third-order valence-electron chi connectivity index (χ3n) is 2.38. The van der Waals surface area contributed by atoms with Gasteiger partial charge in [-0.1, -0.05) is 13.0 Å². The molecule has 0 radical (unpaired) electrons. The van der Waals surface area contributed by atoms with Crippen LogP contribution in [0, 0.1) is 17.0 Å².